The molecule has 3 rings (SSSR count). The third kappa shape index (κ3) is 3.87. The lowest BCUT2D eigenvalue weighted by atomic mass is 9.71. The number of anilines is 2. The van der Waals surface area contributed by atoms with Crippen LogP contribution >= 0.6 is 11.8 Å². The van der Waals surface area contributed by atoms with Crippen LogP contribution in [0.5, 0.6) is 0 Å². The SMILES string of the molecule is NCC1(CC(=O)Nc2ccc3c(c2)NC(=O)CS3)CCCCC1. The molecule has 1 aromatic rings. The molecule has 2 aliphatic rings. The molecule has 6 heteroatoms. The molecule has 124 valence electrons. The van der Waals surface area contributed by atoms with Gasteiger partial charge < -0.3 is 16.4 Å². The van der Waals surface area contributed by atoms with Gasteiger partial charge in [0.25, 0.3) is 0 Å². The summed E-state index contributed by atoms with van der Waals surface area (Å²) < 4.78 is 0. The number of hydrogen-bond donors (Lipinski definition) is 3. The van der Waals surface area contributed by atoms with Gasteiger partial charge in [-0.05, 0) is 43.0 Å². The first-order chi connectivity index (χ1) is 11.1. The van der Waals surface area contributed by atoms with Crippen molar-refractivity contribution in [2.75, 3.05) is 22.9 Å². The number of hydrogen-bond acceptors (Lipinski definition) is 4. The third-order valence-corrected chi connectivity index (χ3v) is 5.85. The highest BCUT2D eigenvalue weighted by atomic mass is 32.2. The molecular formula is C17H23N3O2S. The van der Waals surface area contributed by atoms with Gasteiger partial charge in [0.05, 0.1) is 11.4 Å². The van der Waals surface area contributed by atoms with Gasteiger partial charge in [-0.2, -0.15) is 0 Å². The molecule has 0 aromatic heterocycles. The van der Waals surface area contributed by atoms with Crippen molar-refractivity contribution < 1.29 is 9.59 Å². The number of nitrogens with one attached hydrogen (secondary N) is 2. The van der Waals surface area contributed by atoms with E-state index in [4.69, 9.17) is 5.73 Å². The van der Waals surface area contributed by atoms with E-state index in [1.54, 1.807) is 0 Å². The van der Waals surface area contributed by atoms with Gasteiger partial charge in [0, 0.05) is 17.0 Å². The molecule has 0 spiro atoms. The predicted octanol–water partition coefficient (Wildman–Crippen LogP) is 2.97. The van der Waals surface area contributed by atoms with E-state index >= 15 is 0 Å². The molecule has 1 fully saturated rings. The number of benzene rings is 1. The van der Waals surface area contributed by atoms with E-state index in [1.165, 1.54) is 18.2 Å². The monoisotopic (exact) mass is 333 g/mol. The topological polar surface area (TPSA) is 84.2 Å². The second kappa shape index (κ2) is 6.93. The van der Waals surface area contributed by atoms with E-state index in [0.29, 0.717) is 18.7 Å². The van der Waals surface area contributed by atoms with Gasteiger partial charge >= 0.3 is 0 Å². The fourth-order valence-corrected chi connectivity index (χ4v) is 4.25. The summed E-state index contributed by atoms with van der Waals surface area (Å²) in [6, 6.07) is 5.65. The van der Waals surface area contributed by atoms with Crippen LogP contribution in [-0.2, 0) is 9.59 Å². The van der Waals surface area contributed by atoms with Gasteiger partial charge in [-0.25, -0.2) is 0 Å². The fraction of sp³-hybridized carbons (Fsp3) is 0.529. The van der Waals surface area contributed by atoms with Crippen LogP contribution in [0, 0.1) is 5.41 Å². The zero-order chi connectivity index (χ0) is 16.3. The van der Waals surface area contributed by atoms with E-state index in [-0.39, 0.29) is 17.2 Å². The summed E-state index contributed by atoms with van der Waals surface area (Å²) >= 11 is 1.51. The number of rotatable bonds is 4. The van der Waals surface area contributed by atoms with Gasteiger partial charge in [0.1, 0.15) is 0 Å². The van der Waals surface area contributed by atoms with Crippen LogP contribution in [0.15, 0.2) is 23.1 Å². The molecule has 23 heavy (non-hydrogen) atoms. The Balaban J connectivity index is 1.66. The minimum absolute atomic E-state index is 0.00438. The van der Waals surface area contributed by atoms with E-state index in [2.05, 4.69) is 10.6 Å². The lowest BCUT2D eigenvalue weighted by Crippen LogP contribution is -2.36. The van der Waals surface area contributed by atoms with E-state index in [0.717, 1.165) is 42.0 Å². The second-order valence-electron chi connectivity index (χ2n) is 6.54. The molecule has 2 amide bonds. The third-order valence-electron chi connectivity index (χ3n) is 4.78. The zero-order valence-electron chi connectivity index (χ0n) is 13.2. The molecule has 1 saturated carbocycles. The summed E-state index contributed by atoms with van der Waals surface area (Å²) in [4.78, 5) is 24.9. The first-order valence-corrected chi connectivity index (χ1v) is 9.15. The smallest absolute Gasteiger partial charge is 0.234 e. The fourth-order valence-electron chi connectivity index (χ4n) is 3.46. The van der Waals surface area contributed by atoms with Crippen LogP contribution in [0.3, 0.4) is 0 Å². The molecule has 1 aliphatic carbocycles. The van der Waals surface area contributed by atoms with Crippen LogP contribution in [0.25, 0.3) is 0 Å². The van der Waals surface area contributed by atoms with Crippen molar-refractivity contribution >= 4 is 35.0 Å². The zero-order valence-corrected chi connectivity index (χ0v) is 14.0. The quantitative estimate of drug-likeness (QED) is 0.791. The minimum atomic E-state index is -0.0411. The molecule has 1 heterocycles. The molecule has 0 unspecified atom stereocenters. The molecule has 0 bridgehead atoms. The minimum Gasteiger partial charge on any atom is -0.330 e. The van der Waals surface area contributed by atoms with Gasteiger partial charge in [-0.1, -0.05) is 19.3 Å². The molecule has 1 aliphatic heterocycles. The second-order valence-corrected chi connectivity index (χ2v) is 7.55. The standard InChI is InChI=1S/C17H23N3O2S/c18-11-17(6-2-1-3-7-17)9-15(21)19-12-4-5-14-13(8-12)20-16(22)10-23-14/h4-5,8H,1-3,6-7,9-11,18H2,(H,19,21)(H,20,22). The molecule has 4 N–H and O–H groups in total. The van der Waals surface area contributed by atoms with E-state index in [1.807, 2.05) is 18.2 Å². The summed E-state index contributed by atoms with van der Waals surface area (Å²) in [6.45, 7) is 0.567. The number of amides is 2. The first kappa shape index (κ1) is 16.3. The van der Waals surface area contributed by atoms with Gasteiger partial charge in [-0.15, -0.1) is 11.8 Å². The summed E-state index contributed by atoms with van der Waals surface area (Å²) in [5.41, 5.74) is 7.41. The van der Waals surface area contributed by atoms with E-state index < -0.39 is 0 Å². The average Bonchev–Trinajstić information content (AvgIpc) is 2.55. The molecular weight excluding hydrogens is 310 g/mol. The van der Waals surface area contributed by atoms with Crippen molar-refractivity contribution in [3.8, 4) is 0 Å². The van der Waals surface area contributed by atoms with Crippen molar-refractivity contribution in [1.82, 2.24) is 0 Å². The number of carbonyl (C=O) groups excluding carboxylic acids is 2. The van der Waals surface area contributed by atoms with Crippen LogP contribution < -0.4 is 16.4 Å². The summed E-state index contributed by atoms with van der Waals surface area (Å²) in [6.07, 6.45) is 6.11. The summed E-state index contributed by atoms with van der Waals surface area (Å²) in [5.74, 6) is 0.444. The van der Waals surface area contributed by atoms with Crippen LogP contribution in [0.4, 0.5) is 11.4 Å². The maximum atomic E-state index is 12.4. The number of thioether (sulfide) groups is 1. The largest absolute Gasteiger partial charge is 0.330 e. The number of nitrogens with two attached hydrogens (primary N) is 1. The predicted molar refractivity (Wildman–Crippen MR) is 93.6 cm³/mol. The Bertz CT molecular complexity index is 612. The Morgan fingerprint density at radius 3 is 2.83 bits per heavy atom. The summed E-state index contributed by atoms with van der Waals surface area (Å²) in [5, 5.41) is 5.80. The van der Waals surface area contributed by atoms with Crippen molar-refractivity contribution in [3.05, 3.63) is 18.2 Å². The highest BCUT2D eigenvalue weighted by Gasteiger charge is 2.33. The van der Waals surface area contributed by atoms with Gasteiger partial charge in [-0.3, -0.25) is 9.59 Å². The molecule has 0 radical (unpaired) electrons. The lowest BCUT2D eigenvalue weighted by Gasteiger charge is -2.35. The van der Waals surface area contributed by atoms with Crippen molar-refractivity contribution in [2.45, 2.75) is 43.4 Å². The Kier molecular flexibility index (Phi) is 4.92. The van der Waals surface area contributed by atoms with Crippen LogP contribution in [0.2, 0.25) is 0 Å². The Labute approximate surface area is 140 Å². The normalized spacial score (nSPS) is 19.6. The molecule has 1 aromatic carbocycles. The van der Waals surface area contributed by atoms with Crippen molar-refractivity contribution in [1.29, 1.82) is 0 Å². The Morgan fingerprint density at radius 2 is 2.09 bits per heavy atom. The highest BCUT2D eigenvalue weighted by Crippen LogP contribution is 2.39. The Hall–Kier alpha value is -1.53. The molecule has 0 atom stereocenters. The Morgan fingerprint density at radius 1 is 1.30 bits per heavy atom. The average molecular weight is 333 g/mol. The summed E-state index contributed by atoms with van der Waals surface area (Å²) in [7, 11) is 0. The van der Waals surface area contributed by atoms with E-state index in [9.17, 15) is 9.59 Å². The molecule has 5 nitrogen and oxygen atoms in total. The first-order valence-electron chi connectivity index (χ1n) is 8.17. The molecule has 0 saturated heterocycles. The van der Waals surface area contributed by atoms with Gasteiger partial charge in [0.2, 0.25) is 11.8 Å². The number of carbonyl (C=O) groups is 2. The van der Waals surface area contributed by atoms with Gasteiger partial charge in [0.15, 0.2) is 0 Å². The maximum absolute atomic E-state index is 12.4. The highest BCUT2D eigenvalue weighted by molar-refractivity contribution is 8.00. The number of fused-ring (bicyclic) bond motifs is 1. The van der Waals surface area contributed by atoms with Crippen molar-refractivity contribution in [2.24, 2.45) is 11.1 Å². The van der Waals surface area contributed by atoms with Crippen LogP contribution in [0.1, 0.15) is 38.5 Å². The maximum Gasteiger partial charge on any atom is 0.234 e. The van der Waals surface area contributed by atoms with Crippen molar-refractivity contribution in [3.63, 3.8) is 0 Å². The lowest BCUT2D eigenvalue weighted by molar-refractivity contribution is -0.119. The van der Waals surface area contributed by atoms with Crippen LogP contribution in [-0.4, -0.2) is 24.1 Å².